The Morgan fingerprint density at radius 3 is 2.78 bits per heavy atom. The number of anilines is 2. The Labute approximate surface area is 160 Å². The van der Waals surface area contributed by atoms with Crippen LogP contribution in [0.2, 0.25) is 0 Å². The van der Waals surface area contributed by atoms with Crippen LogP contribution in [0.5, 0.6) is 0 Å². The van der Waals surface area contributed by atoms with Crippen molar-refractivity contribution in [1.29, 1.82) is 0 Å². The Hall–Kier alpha value is -1.93. The van der Waals surface area contributed by atoms with Crippen LogP contribution in [0.25, 0.3) is 0 Å². The molecule has 0 amide bonds. The van der Waals surface area contributed by atoms with Gasteiger partial charge in [-0.3, -0.25) is 4.79 Å². The van der Waals surface area contributed by atoms with Crippen molar-refractivity contribution >= 4 is 17.7 Å². The van der Waals surface area contributed by atoms with Gasteiger partial charge in [-0.25, -0.2) is 4.98 Å². The number of morpholine rings is 1. The topological polar surface area (TPSA) is 96.8 Å². The zero-order valence-corrected chi connectivity index (χ0v) is 16.2. The number of hydrogen-bond donors (Lipinski definition) is 2. The van der Waals surface area contributed by atoms with E-state index in [1.165, 1.54) is 6.42 Å². The molecule has 8 heteroatoms. The maximum absolute atomic E-state index is 11.8. The summed E-state index contributed by atoms with van der Waals surface area (Å²) in [7, 11) is 0. The van der Waals surface area contributed by atoms with Gasteiger partial charge in [0.15, 0.2) is 0 Å². The van der Waals surface area contributed by atoms with Crippen LogP contribution in [-0.4, -0.2) is 66.6 Å². The molecule has 2 fully saturated rings. The van der Waals surface area contributed by atoms with E-state index in [1.807, 2.05) is 0 Å². The minimum Gasteiger partial charge on any atom is -0.481 e. The Kier molecular flexibility index (Phi) is 6.49. The number of rotatable bonds is 7. The van der Waals surface area contributed by atoms with Crippen molar-refractivity contribution in [2.24, 2.45) is 0 Å². The van der Waals surface area contributed by atoms with Gasteiger partial charge in [0.25, 0.3) is 0 Å². The highest BCUT2D eigenvalue weighted by molar-refractivity contribution is 5.82. The Morgan fingerprint density at radius 2 is 2.11 bits per heavy atom. The number of aliphatic carboxylic acids is 1. The molecule has 1 atom stereocenters. The van der Waals surface area contributed by atoms with Crippen LogP contribution in [0.1, 0.15) is 45.1 Å². The number of ether oxygens (including phenoxy) is 2. The van der Waals surface area contributed by atoms with Gasteiger partial charge in [0, 0.05) is 38.0 Å². The second-order valence-corrected chi connectivity index (χ2v) is 7.66. The van der Waals surface area contributed by atoms with Gasteiger partial charge in [0.2, 0.25) is 5.95 Å². The van der Waals surface area contributed by atoms with E-state index in [-0.39, 0.29) is 0 Å². The zero-order chi connectivity index (χ0) is 19.3. The van der Waals surface area contributed by atoms with Crippen molar-refractivity contribution in [1.82, 2.24) is 9.97 Å². The van der Waals surface area contributed by atoms with Crippen LogP contribution in [0.3, 0.4) is 0 Å². The molecule has 2 N–H and O–H groups in total. The smallest absolute Gasteiger partial charge is 0.313 e. The number of nitrogens with zero attached hydrogens (tertiary/aromatic N) is 3. The number of nitrogens with one attached hydrogen (secondary N) is 1. The summed E-state index contributed by atoms with van der Waals surface area (Å²) in [5.74, 6) is 0.310. The van der Waals surface area contributed by atoms with E-state index in [9.17, 15) is 9.90 Å². The Bertz CT molecular complexity index is 641. The van der Waals surface area contributed by atoms with Crippen molar-refractivity contribution in [3.8, 4) is 0 Å². The van der Waals surface area contributed by atoms with Gasteiger partial charge in [0.05, 0.1) is 24.7 Å². The Balaban J connectivity index is 1.74. The second kappa shape index (κ2) is 8.84. The fraction of sp³-hybridized carbons (Fsp3) is 0.737. The number of carboxylic acid groups (broad SMARTS) is 1. The third-order valence-electron chi connectivity index (χ3n) is 5.31. The van der Waals surface area contributed by atoms with Crippen LogP contribution in [-0.2, 0) is 19.7 Å². The summed E-state index contributed by atoms with van der Waals surface area (Å²) in [4.78, 5) is 22.9. The van der Waals surface area contributed by atoms with Crippen LogP contribution in [0.15, 0.2) is 6.20 Å². The molecule has 150 valence electrons. The maximum atomic E-state index is 11.8. The SMILES string of the molecule is CC(C)(C(=O)O)c1cnc(NCC[C@@H]2CCCCO2)nc1N1CCOCC1. The van der Waals surface area contributed by atoms with E-state index in [0.29, 0.717) is 49.7 Å². The standard InChI is InChI=1S/C19H30N4O4/c1-19(2,17(24)25)15-13-21-18(20-7-6-14-5-3-4-10-27-14)22-16(15)23-8-11-26-12-9-23/h13-14H,3-12H2,1-2H3,(H,24,25)(H,20,21,22)/t14-/m0/s1. The summed E-state index contributed by atoms with van der Waals surface area (Å²) >= 11 is 0. The molecule has 1 aromatic heterocycles. The van der Waals surface area contributed by atoms with Gasteiger partial charge in [-0.2, -0.15) is 4.98 Å². The molecule has 0 radical (unpaired) electrons. The first-order chi connectivity index (χ1) is 13.0. The first-order valence-corrected chi connectivity index (χ1v) is 9.77. The highest BCUT2D eigenvalue weighted by atomic mass is 16.5. The molecule has 1 aromatic rings. The van der Waals surface area contributed by atoms with E-state index < -0.39 is 11.4 Å². The molecule has 0 unspecified atom stereocenters. The molecule has 3 rings (SSSR count). The minimum atomic E-state index is -1.07. The number of carboxylic acids is 1. The summed E-state index contributed by atoms with van der Waals surface area (Å²) in [5, 5.41) is 12.9. The second-order valence-electron chi connectivity index (χ2n) is 7.66. The number of hydrogen-bond acceptors (Lipinski definition) is 7. The summed E-state index contributed by atoms with van der Waals surface area (Å²) in [5.41, 5.74) is -0.444. The molecule has 0 spiro atoms. The minimum absolute atomic E-state index is 0.301. The summed E-state index contributed by atoms with van der Waals surface area (Å²) in [6.07, 6.45) is 6.34. The van der Waals surface area contributed by atoms with Gasteiger partial charge >= 0.3 is 5.97 Å². The summed E-state index contributed by atoms with van der Waals surface area (Å²) in [6.45, 7) is 7.55. The molecule has 0 aromatic carbocycles. The molecule has 2 saturated heterocycles. The number of carbonyl (C=O) groups is 1. The number of aromatic nitrogens is 2. The fourth-order valence-corrected chi connectivity index (χ4v) is 3.41. The normalized spacial score (nSPS) is 21.1. The van der Waals surface area contributed by atoms with Gasteiger partial charge in [0.1, 0.15) is 5.82 Å². The van der Waals surface area contributed by atoms with Gasteiger partial charge in [-0.15, -0.1) is 0 Å². The van der Waals surface area contributed by atoms with E-state index in [1.54, 1.807) is 20.0 Å². The maximum Gasteiger partial charge on any atom is 0.313 e. The first kappa shape index (κ1) is 19.8. The molecular formula is C19H30N4O4. The van der Waals surface area contributed by atoms with Crippen molar-refractivity contribution in [2.45, 2.75) is 51.0 Å². The molecule has 27 heavy (non-hydrogen) atoms. The largest absolute Gasteiger partial charge is 0.481 e. The lowest BCUT2D eigenvalue weighted by Crippen LogP contribution is -2.40. The fourth-order valence-electron chi connectivity index (χ4n) is 3.41. The molecule has 0 bridgehead atoms. The average Bonchev–Trinajstić information content (AvgIpc) is 2.69. The van der Waals surface area contributed by atoms with E-state index in [2.05, 4.69) is 20.2 Å². The van der Waals surface area contributed by atoms with E-state index >= 15 is 0 Å². The van der Waals surface area contributed by atoms with Crippen LogP contribution in [0.4, 0.5) is 11.8 Å². The van der Waals surface area contributed by atoms with Crippen molar-refractivity contribution in [3.63, 3.8) is 0 Å². The van der Waals surface area contributed by atoms with Crippen molar-refractivity contribution in [3.05, 3.63) is 11.8 Å². The summed E-state index contributed by atoms with van der Waals surface area (Å²) in [6, 6.07) is 0. The van der Waals surface area contributed by atoms with E-state index in [0.717, 1.165) is 32.4 Å². The quantitative estimate of drug-likeness (QED) is 0.744. The van der Waals surface area contributed by atoms with Gasteiger partial charge < -0.3 is 24.8 Å². The molecule has 8 nitrogen and oxygen atoms in total. The Morgan fingerprint density at radius 1 is 1.33 bits per heavy atom. The zero-order valence-electron chi connectivity index (χ0n) is 16.2. The molecule has 0 aliphatic carbocycles. The van der Waals surface area contributed by atoms with E-state index in [4.69, 9.17) is 9.47 Å². The van der Waals surface area contributed by atoms with Crippen LogP contribution in [0, 0.1) is 0 Å². The third-order valence-corrected chi connectivity index (χ3v) is 5.31. The van der Waals surface area contributed by atoms with Gasteiger partial charge in [-0.1, -0.05) is 0 Å². The highest BCUT2D eigenvalue weighted by Gasteiger charge is 2.35. The molecular weight excluding hydrogens is 348 g/mol. The monoisotopic (exact) mass is 378 g/mol. The van der Waals surface area contributed by atoms with Crippen molar-refractivity contribution in [2.75, 3.05) is 49.7 Å². The lowest BCUT2D eigenvalue weighted by Gasteiger charge is -2.32. The third kappa shape index (κ3) is 4.87. The first-order valence-electron chi connectivity index (χ1n) is 9.77. The highest BCUT2D eigenvalue weighted by Crippen LogP contribution is 2.32. The van der Waals surface area contributed by atoms with Crippen LogP contribution >= 0.6 is 0 Å². The predicted molar refractivity (Wildman–Crippen MR) is 102 cm³/mol. The summed E-state index contributed by atoms with van der Waals surface area (Å²) < 4.78 is 11.2. The molecule has 2 aliphatic heterocycles. The lowest BCUT2D eigenvalue weighted by atomic mass is 9.85. The van der Waals surface area contributed by atoms with Crippen molar-refractivity contribution < 1.29 is 19.4 Å². The van der Waals surface area contributed by atoms with Gasteiger partial charge in [-0.05, 0) is 39.5 Å². The molecule has 0 saturated carbocycles. The predicted octanol–water partition coefficient (Wildman–Crippen LogP) is 2.05. The molecule has 3 heterocycles. The average molecular weight is 378 g/mol. The lowest BCUT2D eigenvalue weighted by molar-refractivity contribution is -0.142. The molecule has 2 aliphatic rings. The van der Waals surface area contributed by atoms with Crippen LogP contribution < -0.4 is 10.2 Å².